The van der Waals surface area contributed by atoms with E-state index in [1.807, 2.05) is 59.5 Å². The van der Waals surface area contributed by atoms with Crippen molar-refractivity contribution < 1.29 is 4.79 Å². The maximum absolute atomic E-state index is 12.3. The molecule has 1 aliphatic heterocycles. The Labute approximate surface area is 166 Å². The Morgan fingerprint density at radius 2 is 1.52 bits per heavy atom. The Balaban J connectivity index is 0.00000156. The Bertz CT molecular complexity index is 662. The molecular formula is C18H22Cl3N3O. The summed E-state index contributed by atoms with van der Waals surface area (Å²) in [5, 5.41) is 3.93. The topological polar surface area (TPSA) is 35.6 Å². The summed E-state index contributed by atoms with van der Waals surface area (Å²) in [7, 11) is 0. The Morgan fingerprint density at radius 3 is 2.16 bits per heavy atom. The van der Waals surface area contributed by atoms with Crippen molar-refractivity contribution >= 4 is 53.7 Å². The quantitative estimate of drug-likeness (QED) is 0.841. The molecule has 4 nitrogen and oxygen atoms in total. The molecule has 2 aromatic carbocycles. The molecule has 7 heteroatoms. The number of benzene rings is 2. The molecule has 1 heterocycles. The maximum Gasteiger partial charge on any atom is 0.241 e. The molecule has 0 aliphatic carbocycles. The van der Waals surface area contributed by atoms with Crippen LogP contribution in [0.15, 0.2) is 54.6 Å². The Hall–Kier alpha value is -1.62. The zero-order valence-electron chi connectivity index (χ0n) is 13.7. The highest BCUT2D eigenvalue weighted by Crippen LogP contribution is 2.26. The fraction of sp³-hybridized carbons (Fsp3) is 0.278. The molecule has 3 rings (SSSR count). The van der Waals surface area contributed by atoms with E-state index in [0.29, 0.717) is 6.54 Å². The lowest BCUT2D eigenvalue weighted by Crippen LogP contribution is -2.50. The number of para-hydroxylation sites is 2. The highest BCUT2D eigenvalue weighted by atomic mass is 35.5. The van der Waals surface area contributed by atoms with Crippen molar-refractivity contribution in [2.24, 2.45) is 0 Å². The molecule has 2 aromatic rings. The van der Waals surface area contributed by atoms with Gasteiger partial charge in [-0.15, -0.1) is 24.8 Å². The monoisotopic (exact) mass is 401 g/mol. The van der Waals surface area contributed by atoms with Gasteiger partial charge in [0.2, 0.25) is 5.91 Å². The normalized spacial score (nSPS) is 13.5. The van der Waals surface area contributed by atoms with E-state index in [0.717, 1.165) is 42.6 Å². The number of anilines is 2. The molecule has 0 unspecified atom stereocenters. The molecule has 1 amide bonds. The summed E-state index contributed by atoms with van der Waals surface area (Å²) in [5.74, 6) is 0.132. The van der Waals surface area contributed by atoms with Crippen LogP contribution in [0, 0.1) is 0 Å². The van der Waals surface area contributed by atoms with Crippen LogP contribution in [0.4, 0.5) is 11.4 Å². The minimum atomic E-state index is 0. The second-order valence-corrected chi connectivity index (χ2v) is 5.95. The van der Waals surface area contributed by atoms with Crippen LogP contribution in [-0.4, -0.2) is 43.5 Å². The number of amides is 1. The van der Waals surface area contributed by atoms with Crippen LogP contribution in [0.5, 0.6) is 0 Å². The van der Waals surface area contributed by atoms with E-state index in [4.69, 9.17) is 11.6 Å². The lowest BCUT2D eigenvalue weighted by molar-refractivity contribution is -0.129. The Morgan fingerprint density at radius 1 is 0.920 bits per heavy atom. The zero-order valence-corrected chi connectivity index (χ0v) is 16.1. The molecule has 0 aromatic heterocycles. The number of rotatable bonds is 4. The van der Waals surface area contributed by atoms with Gasteiger partial charge in [0.05, 0.1) is 17.3 Å². The number of hydrogen-bond acceptors (Lipinski definition) is 3. The van der Waals surface area contributed by atoms with Gasteiger partial charge in [0.25, 0.3) is 0 Å². The molecule has 0 saturated carbocycles. The van der Waals surface area contributed by atoms with Gasteiger partial charge in [-0.2, -0.15) is 0 Å². The van der Waals surface area contributed by atoms with E-state index in [1.165, 1.54) is 0 Å². The van der Waals surface area contributed by atoms with Crippen LogP contribution in [-0.2, 0) is 4.79 Å². The third-order valence-corrected chi connectivity index (χ3v) is 4.36. The van der Waals surface area contributed by atoms with Gasteiger partial charge in [0.1, 0.15) is 0 Å². The van der Waals surface area contributed by atoms with Gasteiger partial charge >= 0.3 is 0 Å². The Kier molecular flexibility index (Phi) is 8.90. The van der Waals surface area contributed by atoms with E-state index >= 15 is 0 Å². The number of piperazine rings is 1. The maximum atomic E-state index is 12.3. The molecule has 0 atom stereocenters. The number of carbonyl (C=O) groups excluding carboxylic acids is 1. The largest absolute Gasteiger partial charge is 0.376 e. The third kappa shape index (κ3) is 5.70. The van der Waals surface area contributed by atoms with E-state index in [9.17, 15) is 4.79 Å². The average molecular weight is 403 g/mol. The van der Waals surface area contributed by atoms with Crippen molar-refractivity contribution in [3.8, 4) is 0 Å². The van der Waals surface area contributed by atoms with Gasteiger partial charge in [-0.3, -0.25) is 4.79 Å². The predicted molar refractivity (Wildman–Crippen MR) is 110 cm³/mol. The predicted octanol–water partition coefficient (Wildman–Crippen LogP) is 3.94. The van der Waals surface area contributed by atoms with E-state index in [1.54, 1.807) is 0 Å². The van der Waals surface area contributed by atoms with Crippen molar-refractivity contribution in [1.82, 2.24) is 4.90 Å². The summed E-state index contributed by atoms with van der Waals surface area (Å²) in [6, 6.07) is 17.6. The molecule has 1 aliphatic rings. The molecule has 136 valence electrons. The van der Waals surface area contributed by atoms with E-state index in [2.05, 4.69) is 10.2 Å². The van der Waals surface area contributed by atoms with Gasteiger partial charge in [-0.25, -0.2) is 0 Å². The highest BCUT2D eigenvalue weighted by Gasteiger charge is 2.21. The molecule has 0 radical (unpaired) electrons. The molecule has 25 heavy (non-hydrogen) atoms. The standard InChI is InChI=1S/C18H20ClN3O.2ClH/c19-16-8-4-5-9-17(16)21-10-12-22(13-11-21)18(23)14-20-15-6-2-1-3-7-15;;/h1-9,20H,10-14H2;2*1H. The van der Waals surface area contributed by atoms with E-state index in [-0.39, 0.29) is 30.7 Å². The fourth-order valence-corrected chi connectivity index (χ4v) is 3.01. The molecule has 0 bridgehead atoms. The van der Waals surface area contributed by atoms with Crippen molar-refractivity contribution in [2.45, 2.75) is 0 Å². The smallest absolute Gasteiger partial charge is 0.241 e. The molecular weight excluding hydrogens is 381 g/mol. The summed E-state index contributed by atoms with van der Waals surface area (Å²) in [6.45, 7) is 3.39. The summed E-state index contributed by atoms with van der Waals surface area (Å²) < 4.78 is 0. The van der Waals surface area contributed by atoms with Gasteiger partial charge < -0.3 is 15.1 Å². The zero-order chi connectivity index (χ0) is 16.1. The summed E-state index contributed by atoms with van der Waals surface area (Å²) in [6.07, 6.45) is 0. The summed E-state index contributed by atoms with van der Waals surface area (Å²) in [4.78, 5) is 16.4. The first-order valence-electron chi connectivity index (χ1n) is 7.80. The third-order valence-electron chi connectivity index (χ3n) is 4.04. The second kappa shape index (κ2) is 10.4. The fourth-order valence-electron chi connectivity index (χ4n) is 2.75. The first kappa shape index (κ1) is 21.4. The van der Waals surface area contributed by atoms with Gasteiger partial charge in [-0.05, 0) is 24.3 Å². The van der Waals surface area contributed by atoms with Crippen molar-refractivity contribution in [2.75, 3.05) is 42.9 Å². The van der Waals surface area contributed by atoms with Crippen LogP contribution in [0.1, 0.15) is 0 Å². The number of carbonyl (C=O) groups is 1. The first-order chi connectivity index (χ1) is 11.2. The van der Waals surface area contributed by atoms with Gasteiger partial charge in [-0.1, -0.05) is 41.9 Å². The SMILES string of the molecule is Cl.Cl.O=C(CNc1ccccc1)N1CCN(c2ccccc2Cl)CC1. The lowest BCUT2D eigenvalue weighted by atomic mass is 10.2. The summed E-state index contributed by atoms with van der Waals surface area (Å²) >= 11 is 6.24. The molecule has 0 spiro atoms. The minimum absolute atomic E-state index is 0. The second-order valence-electron chi connectivity index (χ2n) is 5.54. The van der Waals surface area contributed by atoms with Gasteiger partial charge in [0, 0.05) is 31.9 Å². The number of hydrogen-bond donors (Lipinski definition) is 1. The van der Waals surface area contributed by atoms with Crippen molar-refractivity contribution in [3.05, 3.63) is 59.6 Å². The van der Waals surface area contributed by atoms with Crippen LogP contribution >= 0.6 is 36.4 Å². The van der Waals surface area contributed by atoms with Crippen LogP contribution < -0.4 is 10.2 Å². The number of halogens is 3. The van der Waals surface area contributed by atoms with Crippen molar-refractivity contribution in [3.63, 3.8) is 0 Å². The summed E-state index contributed by atoms with van der Waals surface area (Å²) in [5.41, 5.74) is 2.01. The minimum Gasteiger partial charge on any atom is -0.376 e. The van der Waals surface area contributed by atoms with E-state index < -0.39 is 0 Å². The number of nitrogens with one attached hydrogen (secondary N) is 1. The van der Waals surface area contributed by atoms with Crippen molar-refractivity contribution in [1.29, 1.82) is 0 Å². The van der Waals surface area contributed by atoms with Gasteiger partial charge in [0.15, 0.2) is 0 Å². The molecule has 1 fully saturated rings. The van der Waals surface area contributed by atoms with Crippen LogP contribution in [0.2, 0.25) is 5.02 Å². The number of nitrogens with zero attached hydrogens (tertiary/aromatic N) is 2. The first-order valence-corrected chi connectivity index (χ1v) is 8.18. The highest BCUT2D eigenvalue weighted by molar-refractivity contribution is 6.33. The molecule has 1 N–H and O–H groups in total. The average Bonchev–Trinajstić information content (AvgIpc) is 2.61. The van der Waals surface area contributed by atoms with Crippen LogP contribution in [0.3, 0.4) is 0 Å². The van der Waals surface area contributed by atoms with Crippen LogP contribution in [0.25, 0.3) is 0 Å². The lowest BCUT2D eigenvalue weighted by Gasteiger charge is -2.36. The molecule has 1 saturated heterocycles.